The maximum Gasteiger partial charge on any atom is 0.218 e. The molecule has 22 heavy (non-hydrogen) atoms. The molecule has 3 aromatic rings. The third-order valence-electron chi connectivity index (χ3n) is 4.19. The lowest BCUT2D eigenvalue weighted by molar-refractivity contribution is -0.118. The van der Waals surface area contributed by atoms with E-state index in [-0.39, 0.29) is 12.2 Å². The second-order valence-electron chi connectivity index (χ2n) is 5.74. The van der Waals surface area contributed by atoms with Crippen molar-refractivity contribution >= 4 is 16.8 Å². The average Bonchev–Trinajstić information content (AvgIpc) is 2.96. The molecule has 1 atom stereocenters. The average molecular weight is 296 g/mol. The minimum absolute atomic E-state index is 0.117. The SMILES string of the molecule is CC(CC(N)=O)(c1ccccc1)c1cc(F)c2[nH]ccc2c1. The summed E-state index contributed by atoms with van der Waals surface area (Å²) in [5.41, 5.74) is 6.92. The molecule has 112 valence electrons. The predicted molar refractivity (Wildman–Crippen MR) is 85.0 cm³/mol. The fraction of sp³-hybridized carbons (Fsp3) is 0.167. The Hall–Kier alpha value is -2.62. The lowest BCUT2D eigenvalue weighted by Gasteiger charge is -2.30. The molecule has 3 nitrogen and oxygen atoms in total. The molecule has 3 rings (SSSR count). The number of H-pyrrole nitrogens is 1. The molecule has 2 aromatic carbocycles. The van der Waals surface area contributed by atoms with Crippen LogP contribution in [0, 0.1) is 5.82 Å². The van der Waals surface area contributed by atoms with Gasteiger partial charge in [0, 0.05) is 23.4 Å². The maximum absolute atomic E-state index is 14.3. The fourth-order valence-electron chi connectivity index (χ4n) is 2.97. The van der Waals surface area contributed by atoms with Gasteiger partial charge in [-0.1, -0.05) is 37.3 Å². The highest BCUT2D eigenvalue weighted by Crippen LogP contribution is 2.37. The van der Waals surface area contributed by atoms with Crippen LogP contribution in [0.25, 0.3) is 10.9 Å². The minimum atomic E-state index is -0.667. The van der Waals surface area contributed by atoms with Gasteiger partial charge in [0.2, 0.25) is 5.91 Å². The molecule has 0 radical (unpaired) electrons. The van der Waals surface area contributed by atoms with Crippen molar-refractivity contribution in [2.45, 2.75) is 18.8 Å². The topological polar surface area (TPSA) is 58.9 Å². The summed E-state index contributed by atoms with van der Waals surface area (Å²) in [6.07, 6.45) is 1.82. The Bertz CT molecular complexity index is 825. The van der Waals surface area contributed by atoms with Gasteiger partial charge in [0.15, 0.2) is 0 Å². The van der Waals surface area contributed by atoms with E-state index in [2.05, 4.69) is 4.98 Å². The quantitative estimate of drug-likeness (QED) is 0.760. The molecule has 0 aliphatic carbocycles. The van der Waals surface area contributed by atoms with Crippen LogP contribution in [-0.4, -0.2) is 10.9 Å². The number of aromatic nitrogens is 1. The smallest absolute Gasteiger partial charge is 0.218 e. The molecular weight excluding hydrogens is 279 g/mol. The van der Waals surface area contributed by atoms with Gasteiger partial charge < -0.3 is 10.7 Å². The molecule has 0 aliphatic rings. The summed E-state index contributed by atoms with van der Waals surface area (Å²) < 4.78 is 14.3. The Labute approximate surface area is 128 Å². The van der Waals surface area contributed by atoms with Crippen molar-refractivity contribution in [1.82, 2.24) is 4.98 Å². The summed E-state index contributed by atoms with van der Waals surface area (Å²) >= 11 is 0. The van der Waals surface area contributed by atoms with Gasteiger partial charge in [0.1, 0.15) is 5.82 Å². The van der Waals surface area contributed by atoms with Crippen LogP contribution in [0.5, 0.6) is 0 Å². The number of halogens is 1. The van der Waals surface area contributed by atoms with Crippen LogP contribution in [0.4, 0.5) is 4.39 Å². The number of carbonyl (C=O) groups excluding carboxylic acids is 1. The van der Waals surface area contributed by atoms with Gasteiger partial charge in [-0.2, -0.15) is 0 Å². The first kappa shape index (κ1) is 14.3. The van der Waals surface area contributed by atoms with Crippen molar-refractivity contribution in [2.75, 3.05) is 0 Å². The maximum atomic E-state index is 14.3. The summed E-state index contributed by atoms with van der Waals surface area (Å²) in [6.45, 7) is 1.92. The summed E-state index contributed by atoms with van der Waals surface area (Å²) in [7, 11) is 0. The Morgan fingerprint density at radius 2 is 1.91 bits per heavy atom. The van der Waals surface area contributed by atoms with Gasteiger partial charge in [-0.3, -0.25) is 4.79 Å². The van der Waals surface area contributed by atoms with E-state index in [9.17, 15) is 9.18 Å². The van der Waals surface area contributed by atoms with Gasteiger partial charge in [-0.15, -0.1) is 0 Å². The third-order valence-corrected chi connectivity index (χ3v) is 4.19. The van der Waals surface area contributed by atoms with Crippen LogP contribution in [-0.2, 0) is 10.2 Å². The monoisotopic (exact) mass is 296 g/mol. The highest BCUT2D eigenvalue weighted by atomic mass is 19.1. The number of amides is 1. The number of aromatic amines is 1. The number of carbonyl (C=O) groups is 1. The number of nitrogens with two attached hydrogens (primary N) is 1. The molecule has 0 spiro atoms. The number of hydrogen-bond acceptors (Lipinski definition) is 1. The van der Waals surface area contributed by atoms with E-state index >= 15 is 0 Å². The van der Waals surface area contributed by atoms with Gasteiger partial charge in [-0.25, -0.2) is 4.39 Å². The Morgan fingerprint density at radius 1 is 1.18 bits per heavy atom. The zero-order valence-electron chi connectivity index (χ0n) is 12.3. The molecular formula is C18H17FN2O. The fourth-order valence-corrected chi connectivity index (χ4v) is 2.97. The van der Waals surface area contributed by atoms with E-state index in [0.717, 1.165) is 16.5 Å². The molecule has 4 heteroatoms. The number of hydrogen-bond donors (Lipinski definition) is 2. The number of primary amides is 1. The molecule has 0 aliphatic heterocycles. The number of rotatable bonds is 4. The van der Waals surface area contributed by atoms with Crippen LogP contribution in [0.1, 0.15) is 24.5 Å². The second kappa shape index (κ2) is 5.30. The predicted octanol–water partition coefficient (Wildman–Crippen LogP) is 3.49. The molecule has 0 saturated carbocycles. The standard InChI is InChI=1S/C18H17FN2O/c1-18(11-16(20)22,13-5-3-2-4-6-13)14-9-12-7-8-21-17(12)15(19)10-14/h2-10,21H,11H2,1H3,(H2,20,22). The van der Waals surface area contributed by atoms with Crippen LogP contribution < -0.4 is 5.73 Å². The lowest BCUT2D eigenvalue weighted by atomic mass is 9.73. The summed E-state index contributed by atoms with van der Waals surface area (Å²) in [6, 6.07) is 14.8. The number of fused-ring (bicyclic) bond motifs is 1. The van der Waals surface area contributed by atoms with Crippen LogP contribution in [0.15, 0.2) is 54.7 Å². The van der Waals surface area contributed by atoms with Crippen LogP contribution >= 0.6 is 0 Å². The second-order valence-corrected chi connectivity index (χ2v) is 5.74. The van der Waals surface area contributed by atoms with Crippen LogP contribution in [0.2, 0.25) is 0 Å². The molecule has 0 fully saturated rings. The zero-order valence-corrected chi connectivity index (χ0v) is 12.3. The van der Waals surface area contributed by atoms with Crippen LogP contribution in [0.3, 0.4) is 0 Å². The van der Waals surface area contributed by atoms with Crippen molar-refractivity contribution < 1.29 is 9.18 Å². The molecule has 1 heterocycles. The van der Waals surface area contributed by atoms with Crippen molar-refractivity contribution in [1.29, 1.82) is 0 Å². The van der Waals surface area contributed by atoms with E-state index in [1.54, 1.807) is 6.20 Å². The van der Waals surface area contributed by atoms with E-state index in [1.165, 1.54) is 6.07 Å². The Balaban J connectivity index is 2.21. The first-order valence-electron chi connectivity index (χ1n) is 7.11. The van der Waals surface area contributed by atoms with E-state index in [1.807, 2.05) is 49.4 Å². The molecule has 0 bridgehead atoms. The summed E-state index contributed by atoms with van der Waals surface area (Å²) in [5, 5.41) is 0.779. The molecule has 1 amide bonds. The van der Waals surface area contributed by atoms with Gasteiger partial charge in [-0.05, 0) is 29.3 Å². The highest BCUT2D eigenvalue weighted by molar-refractivity contribution is 5.82. The molecule has 1 unspecified atom stereocenters. The van der Waals surface area contributed by atoms with Crippen molar-refractivity contribution in [3.63, 3.8) is 0 Å². The van der Waals surface area contributed by atoms with Crippen molar-refractivity contribution in [3.05, 3.63) is 71.7 Å². The minimum Gasteiger partial charge on any atom is -0.370 e. The number of benzene rings is 2. The molecule has 1 aromatic heterocycles. The largest absolute Gasteiger partial charge is 0.370 e. The van der Waals surface area contributed by atoms with Gasteiger partial charge in [0.05, 0.1) is 5.52 Å². The summed E-state index contributed by atoms with van der Waals surface area (Å²) in [5.74, 6) is -0.745. The first-order valence-corrected chi connectivity index (χ1v) is 7.11. The van der Waals surface area contributed by atoms with E-state index < -0.39 is 11.3 Å². The highest BCUT2D eigenvalue weighted by Gasteiger charge is 2.31. The first-order chi connectivity index (χ1) is 10.5. The van der Waals surface area contributed by atoms with Gasteiger partial charge >= 0.3 is 0 Å². The number of nitrogens with one attached hydrogen (secondary N) is 1. The molecule has 0 saturated heterocycles. The lowest BCUT2D eigenvalue weighted by Crippen LogP contribution is -2.30. The van der Waals surface area contributed by atoms with E-state index in [0.29, 0.717) is 5.52 Å². The summed E-state index contributed by atoms with van der Waals surface area (Å²) in [4.78, 5) is 14.5. The van der Waals surface area contributed by atoms with Crippen molar-refractivity contribution in [3.8, 4) is 0 Å². The molecule has 3 N–H and O–H groups in total. The Kier molecular flexibility index (Phi) is 3.45. The van der Waals surface area contributed by atoms with E-state index in [4.69, 9.17) is 5.73 Å². The van der Waals surface area contributed by atoms with Gasteiger partial charge in [0.25, 0.3) is 0 Å². The normalized spacial score (nSPS) is 13.9. The zero-order chi connectivity index (χ0) is 15.7. The third kappa shape index (κ3) is 2.37. The Morgan fingerprint density at radius 3 is 2.59 bits per heavy atom. The van der Waals surface area contributed by atoms with Crippen molar-refractivity contribution in [2.24, 2.45) is 5.73 Å².